The Morgan fingerprint density at radius 2 is 1.65 bits per heavy atom. The van der Waals surface area contributed by atoms with E-state index in [1.165, 1.54) is 0 Å². The minimum absolute atomic E-state index is 0.145. The second-order valence-corrected chi connectivity index (χ2v) is 5.34. The fourth-order valence-corrected chi connectivity index (χ4v) is 2.37. The number of carbonyl (C=O) groups excluding carboxylic acids is 1. The van der Waals surface area contributed by atoms with Crippen LogP contribution in [-0.2, 0) is 0 Å². The third-order valence-electron chi connectivity index (χ3n) is 3.56. The standard InChI is InChI=1S/C17H27NO2/c1-6-8-18(9-7-2)12-16(19)15-10-13(3)14(4)11-17(15)20-5/h10-11H,6-9,12H2,1-5H3. The smallest absolute Gasteiger partial charge is 0.180 e. The summed E-state index contributed by atoms with van der Waals surface area (Å²) in [4.78, 5) is 14.7. The van der Waals surface area contributed by atoms with Crippen LogP contribution >= 0.6 is 0 Å². The maximum absolute atomic E-state index is 12.5. The minimum Gasteiger partial charge on any atom is -0.496 e. The van der Waals surface area contributed by atoms with Gasteiger partial charge in [-0.25, -0.2) is 0 Å². The number of rotatable bonds is 8. The van der Waals surface area contributed by atoms with E-state index in [1.807, 2.05) is 26.0 Å². The lowest BCUT2D eigenvalue weighted by molar-refractivity contribution is 0.0927. The molecule has 0 aliphatic carbocycles. The van der Waals surface area contributed by atoms with Crippen molar-refractivity contribution < 1.29 is 9.53 Å². The molecule has 0 bridgehead atoms. The van der Waals surface area contributed by atoms with Crippen molar-refractivity contribution in [2.24, 2.45) is 0 Å². The molecule has 0 amide bonds. The molecular weight excluding hydrogens is 250 g/mol. The first kappa shape index (κ1) is 16.7. The van der Waals surface area contributed by atoms with Gasteiger partial charge in [0, 0.05) is 0 Å². The lowest BCUT2D eigenvalue weighted by Gasteiger charge is -2.21. The summed E-state index contributed by atoms with van der Waals surface area (Å²) in [6.07, 6.45) is 2.13. The lowest BCUT2D eigenvalue weighted by atomic mass is 10.0. The first-order valence-corrected chi connectivity index (χ1v) is 7.44. The molecule has 112 valence electrons. The molecule has 0 aliphatic rings. The van der Waals surface area contributed by atoms with Crippen molar-refractivity contribution in [1.29, 1.82) is 0 Å². The average molecular weight is 277 g/mol. The van der Waals surface area contributed by atoms with Crippen LogP contribution in [0.3, 0.4) is 0 Å². The van der Waals surface area contributed by atoms with Crippen LogP contribution in [0, 0.1) is 13.8 Å². The molecule has 0 N–H and O–H groups in total. The lowest BCUT2D eigenvalue weighted by Crippen LogP contribution is -2.31. The van der Waals surface area contributed by atoms with Crippen LogP contribution in [-0.4, -0.2) is 37.4 Å². The number of hydrogen-bond donors (Lipinski definition) is 0. The molecule has 0 fully saturated rings. The SMILES string of the molecule is CCCN(CCC)CC(=O)c1cc(C)c(C)cc1OC. The number of ketones is 1. The number of benzene rings is 1. The van der Waals surface area contributed by atoms with Crippen LogP contribution in [0.25, 0.3) is 0 Å². The van der Waals surface area contributed by atoms with Crippen molar-refractivity contribution in [3.63, 3.8) is 0 Å². The molecule has 0 heterocycles. The van der Waals surface area contributed by atoms with Crippen LogP contribution in [0.2, 0.25) is 0 Å². The number of Topliss-reactive ketones (excluding diaryl/α,β-unsaturated/α-hetero) is 1. The molecule has 0 saturated carbocycles. The molecule has 0 unspecified atom stereocenters. The third-order valence-corrected chi connectivity index (χ3v) is 3.56. The Labute approximate surface area is 122 Å². The van der Waals surface area contributed by atoms with Gasteiger partial charge in [0.1, 0.15) is 5.75 Å². The Morgan fingerprint density at radius 1 is 1.10 bits per heavy atom. The van der Waals surface area contributed by atoms with Crippen molar-refractivity contribution >= 4 is 5.78 Å². The number of carbonyl (C=O) groups is 1. The van der Waals surface area contributed by atoms with Gasteiger partial charge in [-0.15, -0.1) is 0 Å². The van der Waals surface area contributed by atoms with Crippen molar-refractivity contribution in [3.8, 4) is 5.75 Å². The zero-order chi connectivity index (χ0) is 15.1. The summed E-state index contributed by atoms with van der Waals surface area (Å²) in [5.41, 5.74) is 2.98. The van der Waals surface area contributed by atoms with Gasteiger partial charge in [0.25, 0.3) is 0 Å². The quantitative estimate of drug-likeness (QED) is 0.680. The molecule has 1 aromatic rings. The summed E-state index contributed by atoms with van der Waals surface area (Å²) in [7, 11) is 1.62. The first-order chi connectivity index (χ1) is 9.53. The predicted molar refractivity (Wildman–Crippen MR) is 83.8 cm³/mol. The summed E-state index contributed by atoms with van der Waals surface area (Å²) in [5, 5.41) is 0. The van der Waals surface area contributed by atoms with E-state index >= 15 is 0 Å². The van der Waals surface area contributed by atoms with E-state index in [2.05, 4.69) is 18.7 Å². The van der Waals surface area contributed by atoms with E-state index in [-0.39, 0.29) is 5.78 Å². The number of nitrogens with zero attached hydrogens (tertiary/aromatic N) is 1. The highest BCUT2D eigenvalue weighted by molar-refractivity contribution is 6.00. The zero-order valence-electron chi connectivity index (χ0n) is 13.5. The van der Waals surface area contributed by atoms with E-state index in [0.717, 1.165) is 37.1 Å². The Bertz CT molecular complexity index is 449. The number of aryl methyl sites for hydroxylation is 2. The van der Waals surface area contributed by atoms with Gasteiger partial charge in [-0.05, 0) is 63.0 Å². The molecule has 0 atom stereocenters. The molecule has 3 heteroatoms. The minimum atomic E-state index is 0.145. The molecular formula is C17H27NO2. The molecule has 0 saturated heterocycles. The molecule has 20 heavy (non-hydrogen) atoms. The molecule has 1 rings (SSSR count). The maximum atomic E-state index is 12.5. The van der Waals surface area contributed by atoms with Crippen LogP contribution in [0.1, 0.15) is 48.2 Å². The molecule has 0 aliphatic heterocycles. The van der Waals surface area contributed by atoms with Crippen molar-refractivity contribution in [1.82, 2.24) is 4.90 Å². The monoisotopic (exact) mass is 277 g/mol. The summed E-state index contributed by atoms with van der Waals surface area (Å²) in [6, 6.07) is 3.90. The fourth-order valence-electron chi connectivity index (χ4n) is 2.37. The van der Waals surface area contributed by atoms with Gasteiger partial charge in [-0.1, -0.05) is 13.8 Å². The molecule has 0 spiro atoms. The van der Waals surface area contributed by atoms with Gasteiger partial charge in [-0.3, -0.25) is 9.69 Å². The molecule has 3 nitrogen and oxygen atoms in total. The van der Waals surface area contributed by atoms with Gasteiger partial charge in [-0.2, -0.15) is 0 Å². The van der Waals surface area contributed by atoms with E-state index in [0.29, 0.717) is 17.9 Å². The largest absolute Gasteiger partial charge is 0.496 e. The van der Waals surface area contributed by atoms with Crippen LogP contribution in [0.4, 0.5) is 0 Å². The normalized spacial score (nSPS) is 10.9. The van der Waals surface area contributed by atoms with E-state index in [1.54, 1.807) is 7.11 Å². The molecule has 1 aromatic carbocycles. The fraction of sp³-hybridized carbons (Fsp3) is 0.588. The van der Waals surface area contributed by atoms with E-state index in [9.17, 15) is 4.79 Å². The van der Waals surface area contributed by atoms with Crippen molar-refractivity contribution in [2.75, 3.05) is 26.7 Å². The second-order valence-electron chi connectivity index (χ2n) is 5.34. The summed E-state index contributed by atoms with van der Waals surface area (Å²) >= 11 is 0. The third kappa shape index (κ3) is 4.34. The summed E-state index contributed by atoms with van der Waals surface area (Å²) in [5.74, 6) is 0.831. The van der Waals surface area contributed by atoms with Gasteiger partial charge < -0.3 is 4.74 Å². The zero-order valence-corrected chi connectivity index (χ0v) is 13.5. The van der Waals surface area contributed by atoms with E-state index < -0.39 is 0 Å². The first-order valence-electron chi connectivity index (χ1n) is 7.44. The molecule has 0 radical (unpaired) electrons. The summed E-state index contributed by atoms with van der Waals surface area (Å²) in [6.45, 7) is 10.8. The summed E-state index contributed by atoms with van der Waals surface area (Å²) < 4.78 is 5.36. The van der Waals surface area contributed by atoms with Crippen LogP contribution < -0.4 is 4.74 Å². The highest BCUT2D eigenvalue weighted by Crippen LogP contribution is 2.23. The van der Waals surface area contributed by atoms with Crippen molar-refractivity contribution in [3.05, 3.63) is 28.8 Å². The maximum Gasteiger partial charge on any atom is 0.180 e. The predicted octanol–water partition coefficient (Wildman–Crippen LogP) is 3.62. The van der Waals surface area contributed by atoms with Gasteiger partial charge in [0.15, 0.2) is 5.78 Å². The Hall–Kier alpha value is -1.35. The van der Waals surface area contributed by atoms with Crippen LogP contribution in [0.5, 0.6) is 5.75 Å². The average Bonchev–Trinajstić information content (AvgIpc) is 2.41. The number of hydrogen-bond acceptors (Lipinski definition) is 3. The Kier molecular flexibility index (Phi) is 6.73. The molecule has 0 aromatic heterocycles. The Balaban J connectivity index is 2.93. The second kappa shape index (κ2) is 8.05. The van der Waals surface area contributed by atoms with Gasteiger partial charge in [0.05, 0.1) is 19.2 Å². The van der Waals surface area contributed by atoms with E-state index in [4.69, 9.17) is 4.74 Å². The van der Waals surface area contributed by atoms with Crippen LogP contribution in [0.15, 0.2) is 12.1 Å². The number of ether oxygens (including phenoxy) is 1. The van der Waals surface area contributed by atoms with Gasteiger partial charge in [0.2, 0.25) is 0 Å². The highest BCUT2D eigenvalue weighted by Gasteiger charge is 2.16. The Morgan fingerprint density at radius 3 is 2.15 bits per heavy atom. The highest BCUT2D eigenvalue weighted by atomic mass is 16.5. The van der Waals surface area contributed by atoms with Gasteiger partial charge >= 0.3 is 0 Å². The number of methoxy groups -OCH3 is 1. The topological polar surface area (TPSA) is 29.5 Å². The van der Waals surface area contributed by atoms with Crippen molar-refractivity contribution in [2.45, 2.75) is 40.5 Å².